The number of thiophene rings is 1. The standard InChI is InChI=1S/C46H27N3OS/c1-2-8-29(9-3-1)43-45-44(33-12-4-5-15-38(33)51-45)48-46(47-43)30-17-16-26-18-21-32(25-31(26)24-30)49-34-22-19-27-10-6-13-36-39(27)41(34)42-35(49)23-20-28-11-7-14-37(50-36)40(28)42/h1-25,43H,(H,47,48). The molecule has 4 heterocycles. The van der Waals surface area contributed by atoms with Crippen LogP contribution < -0.4 is 5.32 Å². The number of aliphatic imine (C=N–C) groups is 1. The van der Waals surface area contributed by atoms with Crippen LogP contribution in [0.2, 0.25) is 0 Å². The molecule has 0 saturated carbocycles. The first kappa shape index (κ1) is 27.4. The molecule has 51 heavy (non-hydrogen) atoms. The van der Waals surface area contributed by atoms with E-state index in [4.69, 9.17) is 9.41 Å². The largest absolute Gasteiger partial charge is 0.456 e. The van der Waals surface area contributed by atoms with E-state index in [0.29, 0.717) is 0 Å². The molecule has 5 heteroatoms. The maximum absolute atomic E-state index is 6.64. The second-order valence-electron chi connectivity index (χ2n) is 13.6. The molecule has 0 fully saturated rings. The van der Waals surface area contributed by atoms with Gasteiger partial charge in [-0.15, -0.1) is 11.3 Å². The summed E-state index contributed by atoms with van der Waals surface area (Å²) in [7, 11) is 0. The van der Waals surface area contributed by atoms with Gasteiger partial charge < -0.3 is 14.3 Å². The Morgan fingerprint density at radius 1 is 0.569 bits per heavy atom. The van der Waals surface area contributed by atoms with Crippen LogP contribution in [0, 0.1) is 0 Å². The third kappa shape index (κ3) is 3.81. The van der Waals surface area contributed by atoms with Crippen molar-refractivity contribution in [3.63, 3.8) is 0 Å². The minimum Gasteiger partial charge on any atom is -0.456 e. The van der Waals surface area contributed by atoms with Crippen LogP contribution in [0.5, 0.6) is 0 Å². The number of nitrogens with one attached hydrogen (secondary N) is 1. The summed E-state index contributed by atoms with van der Waals surface area (Å²) in [6.45, 7) is 0. The van der Waals surface area contributed by atoms with E-state index in [1.807, 2.05) is 11.3 Å². The number of aromatic nitrogens is 1. The molecule has 1 aliphatic rings. The summed E-state index contributed by atoms with van der Waals surface area (Å²) in [6.07, 6.45) is 0. The van der Waals surface area contributed by atoms with Crippen LogP contribution in [0.3, 0.4) is 0 Å². The summed E-state index contributed by atoms with van der Waals surface area (Å²) in [5.74, 6) is 0.893. The average molecular weight is 670 g/mol. The van der Waals surface area contributed by atoms with Gasteiger partial charge in [0.05, 0.1) is 27.6 Å². The van der Waals surface area contributed by atoms with Crippen LogP contribution >= 0.6 is 11.3 Å². The fourth-order valence-electron chi connectivity index (χ4n) is 8.50. The topological polar surface area (TPSA) is 42.5 Å². The Morgan fingerprint density at radius 3 is 2.02 bits per heavy atom. The van der Waals surface area contributed by atoms with Crippen molar-refractivity contribution < 1.29 is 4.42 Å². The fourth-order valence-corrected chi connectivity index (χ4v) is 9.72. The molecule has 0 amide bonds. The number of amidine groups is 1. The highest BCUT2D eigenvalue weighted by molar-refractivity contribution is 7.19. The number of rotatable bonds is 3. The van der Waals surface area contributed by atoms with Crippen molar-refractivity contribution >= 4 is 98.2 Å². The van der Waals surface area contributed by atoms with Crippen LogP contribution in [0.25, 0.3) is 81.1 Å². The molecule has 0 bridgehead atoms. The lowest BCUT2D eigenvalue weighted by atomic mass is 9.99. The van der Waals surface area contributed by atoms with Gasteiger partial charge in [0.2, 0.25) is 0 Å². The number of hydrogen-bond acceptors (Lipinski definition) is 4. The van der Waals surface area contributed by atoms with Gasteiger partial charge in [-0.2, -0.15) is 0 Å². The summed E-state index contributed by atoms with van der Waals surface area (Å²) >= 11 is 1.83. The Bertz CT molecular complexity index is 3130. The molecule has 1 atom stereocenters. The summed E-state index contributed by atoms with van der Waals surface area (Å²) in [4.78, 5) is 6.57. The Labute approximate surface area is 295 Å². The molecule has 12 rings (SSSR count). The van der Waals surface area contributed by atoms with Crippen LogP contribution in [0.1, 0.15) is 22.0 Å². The van der Waals surface area contributed by atoms with Gasteiger partial charge in [-0.1, -0.05) is 103 Å². The molecule has 238 valence electrons. The maximum Gasteiger partial charge on any atom is 0.135 e. The van der Waals surface area contributed by atoms with Crippen molar-refractivity contribution in [3.05, 3.63) is 168 Å². The minimum absolute atomic E-state index is 0.0210. The smallest absolute Gasteiger partial charge is 0.135 e. The van der Waals surface area contributed by atoms with Gasteiger partial charge in [0.1, 0.15) is 17.0 Å². The third-order valence-electron chi connectivity index (χ3n) is 10.8. The second-order valence-corrected chi connectivity index (χ2v) is 14.7. The normalized spacial score (nSPS) is 14.7. The zero-order valence-electron chi connectivity index (χ0n) is 27.2. The third-order valence-corrected chi connectivity index (χ3v) is 12.0. The minimum atomic E-state index is 0.0210. The van der Waals surface area contributed by atoms with E-state index in [9.17, 15) is 0 Å². The SMILES string of the molecule is c1ccc(C2NC(c3ccc4ccc(-n5c6ccc7cccc8oc9cccc%10ccc5c(c%109)c6c78)cc4c3)=Nc3c2sc2ccccc32)cc1. The van der Waals surface area contributed by atoms with Crippen molar-refractivity contribution in [2.45, 2.75) is 6.04 Å². The van der Waals surface area contributed by atoms with Gasteiger partial charge in [-0.25, -0.2) is 4.99 Å². The van der Waals surface area contributed by atoms with E-state index in [2.05, 4.69) is 162 Å². The fraction of sp³-hybridized carbons (Fsp3) is 0.0217. The van der Waals surface area contributed by atoms with Crippen molar-refractivity contribution in [2.75, 3.05) is 0 Å². The van der Waals surface area contributed by atoms with E-state index in [1.165, 1.54) is 74.6 Å². The quantitative estimate of drug-likeness (QED) is 0.203. The molecule has 11 aromatic rings. The molecule has 8 aromatic carbocycles. The molecule has 0 aliphatic carbocycles. The van der Waals surface area contributed by atoms with Gasteiger partial charge in [0.25, 0.3) is 0 Å². The van der Waals surface area contributed by atoms with Gasteiger partial charge in [0, 0.05) is 42.9 Å². The lowest BCUT2D eigenvalue weighted by Crippen LogP contribution is -2.32. The van der Waals surface area contributed by atoms with E-state index in [0.717, 1.165) is 33.9 Å². The Kier molecular flexibility index (Phi) is 5.41. The molecule has 0 saturated heterocycles. The highest BCUT2D eigenvalue weighted by Crippen LogP contribution is 2.47. The summed E-state index contributed by atoms with van der Waals surface area (Å²) in [5.41, 5.74) is 8.66. The zero-order valence-corrected chi connectivity index (χ0v) is 28.0. The molecule has 1 N–H and O–H groups in total. The highest BCUT2D eigenvalue weighted by atomic mass is 32.1. The molecule has 1 aliphatic heterocycles. The van der Waals surface area contributed by atoms with Crippen molar-refractivity contribution in [3.8, 4) is 5.69 Å². The molecule has 1 unspecified atom stereocenters. The second kappa shape index (κ2) is 10.1. The predicted molar refractivity (Wildman–Crippen MR) is 214 cm³/mol. The Hall–Kier alpha value is -6.43. The van der Waals surface area contributed by atoms with E-state index >= 15 is 0 Å². The maximum atomic E-state index is 6.64. The van der Waals surface area contributed by atoms with Crippen LogP contribution in [0.15, 0.2) is 161 Å². The van der Waals surface area contributed by atoms with Crippen LogP contribution in [0.4, 0.5) is 5.69 Å². The molecule has 0 spiro atoms. The number of benzene rings is 8. The number of fused-ring (bicyclic) bond motifs is 4. The van der Waals surface area contributed by atoms with E-state index in [-0.39, 0.29) is 6.04 Å². The van der Waals surface area contributed by atoms with Gasteiger partial charge in [0.15, 0.2) is 0 Å². The molecular weight excluding hydrogens is 643 g/mol. The van der Waals surface area contributed by atoms with Gasteiger partial charge in [-0.05, 0) is 75.6 Å². The molecule has 0 radical (unpaired) electrons. The predicted octanol–water partition coefficient (Wildman–Crippen LogP) is 12.4. The van der Waals surface area contributed by atoms with Gasteiger partial charge in [-0.3, -0.25) is 0 Å². The molecule has 3 aromatic heterocycles. The summed E-state index contributed by atoms with van der Waals surface area (Å²) in [6, 6.07) is 54.6. The lowest BCUT2D eigenvalue weighted by molar-refractivity contribution is 0.664. The Morgan fingerprint density at radius 2 is 1.25 bits per heavy atom. The number of nitrogens with zero attached hydrogens (tertiary/aromatic N) is 2. The van der Waals surface area contributed by atoms with Crippen molar-refractivity contribution in [2.24, 2.45) is 4.99 Å². The van der Waals surface area contributed by atoms with E-state index < -0.39 is 0 Å². The van der Waals surface area contributed by atoms with Crippen LogP contribution in [-0.4, -0.2) is 10.4 Å². The highest BCUT2D eigenvalue weighted by Gasteiger charge is 2.28. The molecular formula is C46H27N3OS. The Balaban J connectivity index is 1.08. The molecule has 4 nitrogen and oxygen atoms in total. The zero-order chi connectivity index (χ0) is 33.2. The number of hydrogen-bond donors (Lipinski definition) is 1. The van der Waals surface area contributed by atoms with E-state index in [1.54, 1.807) is 0 Å². The summed E-state index contributed by atoms with van der Waals surface area (Å²) < 4.78 is 10.3. The lowest BCUT2D eigenvalue weighted by Gasteiger charge is -2.25. The van der Waals surface area contributed by atoms with Crippen LogP contribution in [-0.2, 0) is 0 Å². The first-order valence-corrected chi connectivity index (χ1v) is 18.1. The van der Waals surface area contributed by atoms with Gasteiger partial charge >= 0.3 is 0 Å². The monoisotopic (exact) mass is 669 g/mol. The van der Waals surface area contributed by atoms with Crippen molar-refractivity contribution in [1.82, 2.24) is 9.88 Å². The van der Waals surface area contributed by atoms with Crippen molar-refractivity contribution in [1.29, 1.82) is 0 Å². The average Bonchev–Trinajstić information content (AvgIpc) is 3.68. The first-order chi connectivity index (χ1) is 25.3. The summed E-state index contributed by atoms with van der Waals surface area (Å²) in [5, 5.41) is 14.6. The first-order valence-electron chi connectivity index (χ1n) is 17.3.